The number of rotatable bonds is 6. The van der Waals surface area contributed by atoms with E-state index in [1.807, 2.05) is 12.1 Å². The lowest BCUT2D eigenvalue weighted by Gasteiger charge is -2.40. The number of aliphatic hydroxyl groups excluding tert-OH is 1. The van der Waals surface area contributed by atoms with Crippen molar-refractivity contribution < 1.29 is 18.6 Å². The van der Waals surface area contributed by atoms with E-state index in [1.165, 1.54) is 0 Å². The van der Waals surface area contributed by atoms with Gasteiger partial charge in [0.2, 0.25) is 0 Å². The highest BCUT2D eigenvalue weighted by Gasteiger charge is 2.32. The zero-order valence-corrected chi connectivity index (χ0v) is 12.4. The first-order valence-electron chi connectivity index (χ1n) is 7.44. The number of aliphatic hydroxyl groups is 1. The molecule has 0 atom stereocenters. The monoisotopic (exact) mass is 299 g/mol. The first kappa shape index (κ1) is 16.2. The predicted octanol–water partition coefficient (Wildman–Crippen LogP) is 3.27. The molecule has 0 spiro atoms. The van der Waals surface area contributed by atoms with Crippen molar-refractivity contribution in [2.24, 2.45) is 5.41 Å². The maximum Gasteiger partial charge on any atom is 0.387 e. The normalized spacial score (nSPS) is 18.9. The molecule has 0 unspecified atom stereocenters. The summed E-state index contributed by atoms with van der Waals surface area (Å²) in [6, 6.07) is 6.94. The molecule has 1 saturated heterocycles. The molecule has 0 amide bonds. The maximum atomic E-state index is 12.4. The van der Waals surface area contributed by atoms with E-state index in [9.17, 15) is 13.9 Å². The number of benzene rings is 1. The summed E-state index contributed by atoms with van der Waals surface area (Å²) in [5, 5.41) is 9.54. The zero-order chi connectivity index (χ0) is 15.3. The van der Waals surface area contributed by atoms with Gasteiger partial charge in [-0.3, -0.25) is 4.90 Å². The molecule has 1 aromatic carbocycles. The number of ether oxygens (including phenoxy) is 1. The number of halogens is 2. The molecule has 1 aromatic rings. The average molecular weight is 299 g/mol. The van der Waals surface area contributed by atoms with Crippen LogP contribution in [0.25, 0.3) is 0 Å². The van der Waals surface area contributed by atoms with Crippen molar-refractivity contribution in [1.29, 1.82) is 0 Å². The second-order valence-electron chi connectivity index (χ2n) is 5.77. The highest BCUT2D eigenvalue weighted by atomic mass is 19.3. The van der Waals surface area contributed by atoms with Crippen LogP contribution in [0, 0.1) is 5.41 Å². The largest absolute Gasteiger partial charge is 0.434 e. The van der Waals surface area contributed by atoms with E-state index in [-0.39, 0.29) is 17.8 Å². The van der Waals surface area contributed by atoms with Gasteiger partial charge >= 0.3 is 6.61 Å². The summed E-state index contributed by atoms with van der Waals surface area (Å²) in [5.41, 5.74) is 0.820. The minimum Gasteiger partial charge on any atom is -0.434 e. The summed E-state index contributed by atoms with van der Waals surface area (Å²) in [7, 11) is 0. The molecular formula is C16H23F2NO2. The van der Waals surface area contributed by atoms with Gasteiger partial charge in [0.25, 0.3) is 0 Å². The van der Waals surface area contributed by atoms with Gasteiger partial charge < -0.3 is 9.84 Å². The van der Waals surface area contributed by atoms with Crippen molar-refractivity contribution in [3.05, 3.63) is 29.8 Å². The third kappa shape index (κ3) is 4.14. The smallest absolute Gasteiger partial charge is 0.387 e. The van der Waals surface area contributed by atoms with E-state index in [0.717, 1.165) is 37.9 Å². The van der Waals surface area contributed by atoms with Crippen molar-refractivity contribution in [1.82, 2.24) is 4.90 Å². The Morgan fingerprint density at radius 3 is 2.52 bits per heavy atom. The third-order valence-corrected chi connectivity index (χ3v) is 4.58. The Morgan fingerprint density at radius 1 is 1.29 bits per heavy atom. The predicted molar refractivity (Wildman–Crippen MR) is 77.4 cm³/mol. The molecule has 5 heteroatoms. The molecule has 0 radical (unpaired) electrons. The Morgan fingerprint density at radius 2 is 1.95 bits per heavy atom. The summed E-state index contributed by atoms with van der Waals surface area (Å²) in [6.07, 6.45) is 2.86. The van der Waals surface area contributed by atoms with Crippen LogP contribution in [0.3, 0.4) is 0 Å². The molecule has 0 bridgehead atoms. The van der Waals surface area contributed by atoms with Gasteiger partial charge in [-0.15, -0.1) is 0 Å². The van der Waals surface area contributed by atoms with E-state index in [0.29, 0.717) is 6.54 Å². The fraction of sp³-hybridized carbons (Fsp3) is 0.625. The number of hydrogen-bond acceptors (Lipinski definition) is 3. The van der Waals surface area contributed by atoms with Crippen molar-refractivity contribution >= 4 is 0 Å². The molecule has 118 valence electrons. The van der Waals surface area contributed by atoms with Crippen LogP contribution in [0.15, 0.2) is 24.3 Å². The fourth-order valence-electron chi connectivity index (χ4n) is 2.90. The molecule has 1 aliphatic rings. The highest BCUT2D eigenvalue weighted by Crippen LogP contribution is 2.35. The molecule has 0 saturated carbocycles. The zero-order valence-electron chi connectivity index (χ0n) is 12.4. The van der Waals surface area contributed by atoms with Crippen molar-refractivity contribution in [3.8, 4) is 5.75 Å². The minimum absolute atomic E-state index is 0.0372. The Bertz CT molecular complexity index is 440. The molecule has 1 heterocycles. The number of nitrogens with zero attached hydrogens (tertiary/aromatic N) is 1. The summed E-state index contributed by atoms with van der Waals surface area (Å²) < 4.78 is 29.4. The summed E-state index contributed by atoms with van der Waals surface area (Å²) in [5.74, 6) is 0.252. The molecule has 21 heavy (non-hydrogen) atoms. The molecule has 2 rings (SSSR count). The van der Waals surface area contributed by atoms with Crippen LogP contribution >= 0.6 is 0 Å². The Hall–Kier alpha value is -1.20. The molecule has 1 fully saturated rings. The molecule has 1 aliphatic heterocycles. The van der Waals surface area contributed by atoms with Crippen LogP contribution in [0.4, 0.5) is 8.78 Å². The van der Waals surface area contributed by atoms with Gasteiger partial charge in [-0.2, -0.15) is 8.78 Å². The molecule has 0 aromatic heterocycles. The SMILES string of the molecule is CCC1(CO)CCN(Cc2ccccc2OC(F)F)CC1. The van der Waals surface area contributed by atoms with Gasteiger partial charge in [0.15, 0.2) is 0 Å². The summed E-state index contributed by atoms with van der Waals surface area (Å²) in [6.45, 7) is 1.89. The Kier molecular flexibility index (Phi) is 5.53. The van der Waals surface area contributed by atoms with Crippen molar-refractivity contribution in [3.63, 3.8) is 0 Å². The lowest BCUT2D eigenvalue weighted by atomic mass is 9.77. The van der Waals surface area contributed by atoms with Crippen LogP contribution in [0.2, 0.25) is 0 Å². The van der Waals surface area contributed by atoms with Crippen LogP contribution in [-0.2, 0) is 6.54 Å². The second-order valence-corrected chi connectivity index (χ2v) is 5.77. The fourth-order valence-corrected chi connectivity index (χ4v) is 2.90. The molecule has 1 N–H and O–H groups in total. The third-order valence-electron chi connectivity index (χ3n) is 4.58. The Balaban J connectivity index is 1.97. The number of piperidine rings is 1. The number of para-hydroxylation sites is 1. The van der Waals surface area contributed by atoms with E-state index >= 15 is 0 Å². The first-order valence-corrected chi connectivity index (χ1v) is 7.44. The van der Waals surface area contributed by atoms with E-state index in [2.05, 4.69) is 16.6 Å². The van der Waals surface area contributed by atoms with E-state index < -0.39 is 6.61 Å². The molecule has 0 aliphatic carbocycles. The lowest BCUT2D eigenvalue weighted by Crippen LogP contribution is -2.41. The second kappa shape index (κ2) is 7.18. The topological polar surface area (TPSA) is 32.7 Å². The highest BCUT2D eigenvalue weighted by molar-refractivity contribution is 5.33. The molecular weight excluding hydrogens is 276 g/mol. The van der Waals surface area contributed by atoms with Crippen LogP contribution in [0.1, 0.15) is 31.7 Å². The quantitative estimate of drug-likeness (QED) is 0.875. The number of alkyl halides is 2. The standard InChI is InChI=1S/C16H23F2NO2/c1-2-16(12-20)7-9-19(10-8-16)11-13-5-3-4-6-14(13)21-15(17)18/h3-6,15,20H,2,7-12H2,1H3. The average Bonchev–Trinajstić information content (AvgIpc) is 2.50. The van der Waals surface area contributed by atoms with Crippen LogP contribution in [0.5, 0.6) is 5.75 Å². The van der Waals surface area contributed by atoms with Gasteiger partial charge in [-0.1, -0.05) is 25.1 Å². The van der Waals surface area contributed by atoms with Crippen LogP contribution < -0.4 is 4.74 Å². The van der Waals surface area contributed by atoms with Crippen molar-refractivity contribution in [2.45, 2.75) is 39.3 Å². The summed E-state index contributed by atoms with van der Waals surface area (Å²) in [4.78, 5) is 2.23. The van der Waals surface area contributed by atoms with Gasteiger partial charge in [0.1, 0.15) is 5.75 Å². The Labute approximate surface area is 124 Å². The lowest BCUT2D eigenvalue weighted by molar-refractivity contribution is -0.0510. The maximum absolute atomic E-state index is 12.4. The van der Waals surface area contributed by atoms with Gasteiger partial charge in [-0.25, -0.2) is 0 Å². The van der Waals surface area contributed by atoms with Gasteiger partial charge in [0, 0.05) is 18.7 Å². The van der Waals surface area contributed by atoms with Crippen LogP contribution in [-0.4, -0.2) is 36.3 Å². The van der Waals surface area contributed by atoms with E-state index in [4.69, 9.17) is 0 Å². The number of hydrogen-bond donors (Lipinski definition) is 1. The van der Waals surface area contributed by atoms with Gasteiger partial charge in [0.05, 0.1) is 0 Å². The molecule has 3 nitrogen and oxygen atoms in total. The van der Waals surface area contributed by atoms with E-state index in [1.54, 1.807) is 12.1 Å². The summed E-state index contributed by atoms with van der Waals surface area (Å²) >= 11 is 0. The van der Waals surface area contributed by atoms with Crippen molar-refractivity contribution in [2.75, 3.05) is 19.7 Å². The minimum atomic E-state index is -2.80. The first-order chi connectivity index (χ1) is 10.1. The van der Waals surface area contributed by atoms with Gasteiger partial charge in [-0.05, 0) is 43.8 Å². The number of likely N-dealkylation sites (tertiary alicyclic amines) is 1.